The van der Waals surface area contributed by atoms with Crippen LogP contribution >= 0.6 is 0 Å². The summed E-state index contributed by atoms with van der Waals surface area (Å²) in [6.07, 6.45) is 2.09. The van der Waals surface area contributed by atoms with Gasteiger partial charge in [0.25, 0.3) is 0 Å². The largest absolute Gasteiger partial charge is 0.393 e. The third-order valence-corrected chi connectivity index (χ3v) is 2.63. The third kappa shape index (κ3) is 0.864. The average molecular weight is 127 g/mol. The van der Waals surface area contributed by atoms with Crippen LogP contribution in [0.25, 0.3) is 0 Å². The molecule has 52 valence electrons. The molecule has 1 saturated heterocycles. The van der Waals surface area contributed by atoms with Gasteiger partial charge in [-0.05, 0) is 37.8 Å². The van der Waals surface area contributed by atoms with Crippen molar-refractivity contribution in [1.29, 1.82) is 0 Å². The molecular weight excluding hydrogens is 114 g/mol. The Bertz CT molecular complexity index is 103. The molecule has 1 aliphatic carbocycles. The number of hydrogen-bond donors (Lipinski definition) is 2. The molecule has 0 aromatic carbocycles. The van der Waals surface area contributed by atoms with Crippen molar-refractivity contribution in [3.8, 4) is 0 Å². The zero-order chi connectivity index (χ0) is 6.27. The number of nitrogens with one attached hydrogen (secondary N) is 1. The molecule has 1 unspecified atom stereocenters. The van der Waals surface area contributed by atoms with Gasteiger partial charge in [0.2, 0.25) is 0 Å². The van der Waals surface area contributed by atoms with Gasteiger partial charge in [-0.2, -0.15) is 0 Å². The van der Waals surface area contributed by atoms with E-state index in [2.05, 4.69) is 5.32 Å². The Morgan fingerprint density at radius 1 is 1.11 bits per heavy atom. The highest BCUT2D eigenvalue weighted by Gasteiger charge is 2.35. The topological polar surface area (TPSA) is 32.3 Å². The number of fused-ring (bicyclic) bond motifs is 1. The van der Waals surface area contributed by atoms with Gasteiger partial charge in [-0.15, -0.1) is 0 Å². The van der Waals surface area contributed by atoms with Crippen LogP contribution in [0.15, 0.2) is 0 Å². The van der Waals surface area contributed by atoms with E-state index in [0.29, 0.717) is 0 Å². The number of hydrogen-bond acceptors (Lipinski definition) is 2. The molecule has 1 heterocycles. The van der Waals surface area contributed by atoms with Crippen LogP contribution in [0.5, 0.6) is 0 Å². The molecule has 0 radical (unpaired) electrons. The monoisotopic (exact) mass is 127 g/mol. The van der Waals surface area contributed by atoms with Crippen molar-refractivity contribution in [3.63, 3.8) is 0 Å². The van der Waals surface area contributed by atoms with Gasteiger partial charge in [-0.3, -0.25) is 0 Å². The first-order chi connectivity index (χ1) is 4.36. The maximum absolute atomic E-state index is 9.21. The van der Waals surface area contributed by atoms with Gasteiger partial charge in [-0.1, -0.05) is 0 Å². The molecule has 3 atom stereocenters. The summed E-state index contributed by atoms with van der Waals surface area (Å²) >= 11 is 0. The Hall–Kier alpha value is -0.0800. The minimum absolute atomic E-state index is 0.0158. The fourth-order valence-electron chi connectivity index (χ4n) is 2.13. The molecule has 1 saturated carbocycles. The van der Waals surface area contributed by atoms with E-state index in [-0.39, 0.29) is 6.10 Å². The Morgan fingerprint density at radius 3 is 2.22 bits per heavy atom. The van der Waals surface area contributed by atoms with E-state index in [0.717, 1.165) is 37.8 Å². The molecular formula is C7H13NO. The summed E-state index contributed by atoms with van der Waals surface area (Å²) in [7, 11) is 0. The predicted molar refractivity (Wildman–Crippen MR) is 35.1 cm³/mol. The molecule has 2 N–H and O–H groups in total. The van der Waals surface area contributed by atoms with Crippen LogP contribution in [0.1, 0.15) is 12.8 Å². The van der Waals surface area contributed by atoms with Crippen LogP contribution in [-0.4, -0.2) is 24.3 Å². The fraction of sp³-hybridized carbons (Fsp3) is 1.00. The van der Waals surface area contributed by atoms with Crippen LogP contribution in [0.2, 0.25) is 0 Å². The predicted octanol–water partition coefficient (Wildman–Crippen LogP) is -0.0233. The van der Waals surface area contributed by atoms with Crippen molar-refractivity contribution in [1.82, 2.24) is 5.32 Å². The van der Waals surface area contributed by atoms with Gasteiger partial charge in [-0.25, -0.2) is 0 Å². The summed E-state index contributed by atoms with van der Waals surface area (Å²) in [5.41, 5.74) is 0. The van der Waals surface area contributed by atoms with Crippen molar-refractivity contribution in [2.75, 3.05) is 13.1 Å². The minimum atomic E-state index is 0.0158. The van der Waals surface area contributed by atoms with Crippen LogP contribution in [-0.2, 0) is 0 Å². The van der Waals surface area contributed by atoms with E-state index in [1.165, 1.54) is 0 Å². The van der Waals surface area contributed by atoms with E-state index in [4.69, 9.17) is 0 Å². The normalized spacial score (nSPS) is 49.7. The first-order valence-electron chi connectivity index (χ1n) is 3.75. The molecule has 2 rings (SSSR count). The molecule has 0 bridgehead atoms. The van der Waals surface area contributed by atoms with Crippen molar-refractivity contribution in [2.24, 2.45) is 11.8 Å². The highest BCUT2D eigenvalue weighted by molar-refractivity contribution is 4.90. The third-order valence-electron chi connectivity index (χ3n) is 2.63. The van der Waals surface area contributed by atoms with E-state index in [1.807, 2.05) is 0 Å². The molecule has 2 fully saturated rings. The highest BCUT2D eigenvalue weighted by atomic mass is 16.3. The van der Waals surface area contributed by atoms with Crippen LogP contribution in [0.3, 0.4) is 0 Å². The summed E-state index contributed by atoms with van der Waals surface area (Å²) in [6.45, 7) is 2.28. The molecule has 9 heavy (non-hydrogen) atoms. The first kappa shape index (κ1) is 5.69. The number of aliphatic hydroxyl groups excluding tert-OH is 1. The van der Waals surface area contributed by atoms with Crippen LogP contribution in [0.4, 0.5) is 0 Å². The van der Waals surface area contributed by atoms with Gasteiger partial charge in [0.15, 0.2) is 0 Å². The van der Waals surface area contributed by atoms with Crippen LogP contribution < -0.4 is 5.32 Å². The molecule has 2 aliphatic rings. The Labute approximate surface area is 55.3 Å². The van der Waals surface area contributed by atoms with E-state index in [9.17, 15) is 5.11 Å². The Kier molecular flexibility index (Phi) is 1.24. The van der Waals surface area contributed by atoms with Gasteiger partial charge < -0.3 is 10.4 Å². The summed E-state index contributed by atoms with van der Waals surface area (Å²) in [6, 6.07) is 0. The number of rotatable bonds is 0. The Morgan fingerprint density at radius 2 is 1.67 bits per heavy atom. The number of aliphatic hydroxyl groups is 1. The molecule has 0 spiro atoms. The van der Waals surface area contributed by atoms with Crippen molar-refractivity contribution < 1.29 is 5.11 Å². The van der Waals surface area contributed by atoms with E-state index in [1.54, 1.807) is 0 Å². The van der Waals surface area contributed by atoms with Crippen molar-refractivity contribution >= 4 is 0 Å². The maximum Gasteiger partial charge on any atom is 0.0546 e. The second-order valence-electron chi connectivity index (χ2n) is 3.30. The summed E-state index contributed by atoms with van der Waals surface area (Å²) < 4.78 is 0. The molecule has 1 aliphatic heterocycles. The lowest BCUT2D eigenvalue weighted by molar-refractivity contribution is 0.173. The first-order valence-corrected chi connectivity index (χ1v) is 3.75. The average Bonchev–Trinajstić information content (AvgIpc) is 2.22. The summed E-state index contributed by atoms with van der Waals surface area (Å²) in [5.74, 6) is 1.58. The smallest absolute Gasteiger partial charge is 0.0546 e. The lowest BCUT2D eigenvalue weighted by Gasteiger charge is -2.02. The zero-order valence-electron chi connectivity index (χ0n) is 5.51. The molecule has 0 aromatic rings. The van der Waals surface area contributed by atoms with Crippen LogP contribution in [0, 0.1) is 11.8 Å². The summed E-state index contributed by atoms with van der Waals surface area (Å²) in [4.78, 5) is 0. The highest BCUT2D eigenvalue weighted by Crippen LogP contribution is 2.33. The maximum atomic E-state index is 9.21. The zero-order valence-corrected chi connectivity index (χ0v) is 5.51. The molecule has 2 heteroatoms. The lowest BCUT2D eigenvalue weighted by atomic mass is 10.0. The van der Waals surface area contributed by atoms with Gasteiger partial charge in [0, 0.05) is 0 Å². The summed E-state index contributed by atoms with van der Waals surface area (Å²) in [5, 5.41) is 12.5. The second kappa shape index (κ2) is 1.96. The minimum Gasteiger partial charge on any atom is -0.393 e. The van der Waals surface area contributed by atoms with Gasteiger partial charge in [0.1, 0.15) is 0 Å². The lowest BCUT2D eigenvalue weighted by Crippen LogP contribution is -2.13. The molecule has 0 amide bonds. The Balaban J connectivity index is 2.02. The molecule has 2 nitrogen and oxygen atoms in total. The van der Waals surface area contributed by atoms with Crippen molar-refractivity contribution in [3.05, 3.63) is 0 Å². The second-order valence-corrected chi connectivity index (χ2v) is 3.30. The molecule has 0 aromatic heterocycles. The fourth-order valence-corrected chi connectivity index (χ4v) is 2.13. The van der Waals surface area contributed by atoms with Gasteiger partial charge >= 0.3 is 0 Å². The SMILES string of the molecule is O[C@H]1CC2CNC[C@H]2C1. The van der Waals surface area contributed by atoms with E-state index >= 15 is 0 Å². The standard InChI is InChI=1S/C7H13NO/c9-7-1-5-3-8-4-6(5)2-7/h5-9H,1-4H2/t5-,6?,7-/m1/s1. The van der Waals surface area contributed by atoms with Crippen molar-refractivity contribution in [2.45, 2.75) is 18.9 Å². The van der Waals surface area contributed by atoms with E-state index < -0.39 is 0 Å². The van der Waals surface area contributed by atoms with Gasteiger partial charge in [0.05, 0.1) is 6.10 Å². The quantitative estimate of drug-likeness (QED) is 0.479.